The zero-order valence-electron chi connectivity index (χ0n) is 17.5. The topological polar surface area (TPSA) is 85.2 Å². The van der Waals surface area contributed by atoms with E-state index in [4.69, 9.17) is 16.3 Å². The molecular formula is C24H21ClN2O4S2. The van der Waals surface area contributed by atoms with Crippen molar-refractivity contribution in [3.8, 4) is 5.75 Å². The molecule has 3 aromatic rings. The van der Waals surface area contributed by atoms with Gasteiger partial charge in [0.15, 0.2) is 0 Å². The van der Waals surface area contributed by atoms with Gasteiger partial charge in [-0.15, -0.1) is 11.8 Å². The largest absolute Gasteiger partial charge is 0.489 e. The average Bonchev–Trinajstić information content (AvgIpc) is 3.51. The lowest BCUT2D eigenvalue weighted by Gasteiger charge is -2.40. The highest BCUT2D eigenvalue weighted by Gasteiger charge is 2.55. The van der Waals surface area contributed by atoms with E-state index in [9.17, 15) is 14.9 Å². The first-order valence-electron chi connectivity index (χ1n) is 11.0. The molecule has 1 N–H and O–H groups in total. The van der Waals surface area contributed by atoms with Crippen molar-refractivity contribution in [2.24, 2.45) is 17.8 Å². The van der Waals surface area contributed by atoms with Crippen LogP contribution in [0.25, 0.3) is 0 Å². The van der Waals surface area contributed by atoms with Crippen LogP contribution in [0.4, 0.5) is 5.69 Å². The van der Waals surface area contributed by atoms with E-state index < -0.39 is 0 Å². The third-order valence-corrected chi connectivity index (χ3v) is 10.3. The van der Waals surface area contributed by atoms with E-state index in [1.165, 1.54) is 36.7 Å². The first-order valence-corrected chi connectivity index (χ1v) is 13.1. The molecule has 6 rings (SSSR count). The molecule has 2 bridgehead atoms. The van der Waals surface area contributed by atoms with Gasteiger partial charge in [0.05, 0.1) is 9.95 Å². The van der Waals surface area contributed by atoms with Gasteiger partial charge in [-0.05, 0) is 49.1 Å². The fourth-order valence-electron chi connectivity index (χ4n) is 5.99. The lowest BCUT2D eigenvalue weighted by Crippen LogP contribution is -2.33. The maximum atomic E-state index is 12.3. The summed E-state index contributed by atoms with van der Waals surface area (Å²) in [5.41, 5.74) is 1.69. The Balaban J connectivity index is 1.46. The third kappa shape index (κ3) is 3.59. The number of thioether (sulfide) groups is 1. The van der Waals surface area contributed by atoms with Crippen molar-refractivity contribution < 1.29 is 9.66 Å². The first kappa shape index (κ1) is 21.3. The fraction of sp³-hybridized carbons (Fsp3) is 0.375. The molecular weight excluding hydrogens is 480 g/mol. The van der Waals surface area contributed by atoms with Crippen LogP contribution in [0, 0.1) is 27.9 Å². The smallest absolute Gasteiger partial charge is 0.305 e. The van der Waals surface area contributed by atoms with Crippen molar-refractivity contribution in [2.75, 3.05) is 0 Å². The van der Waals surface area contributed by atoms with Crippen molar-refractivity contribution in [1.29, 1.82) is 0 Å². The summed E-state index contributed by atoms with van der Waals surface area (Å²) >= 11 is 9.35. The van der Waals surface area contributed by atoms with Gasteiger partial charge in [-0.3, -0.25) is 14.9 Å². The van der Waals surface area contributed by atoms with Gasteiger partial charge in [0, 0.05) is 44.3 Å². The fourth-order valence-corrected chi connectivity index (χ4v) is 9.07. The number of hydrogen-bond donors (Lipinski definition) is 1. The Morgan fingerprint density at radius 1 is 1.18 bits per heavy atom. The number of H-pyrrole nitrogens is 1. The normalized spacial score (nSPS) is 27.2. The molecule has 170 valence electrons. The molecule has 2 aromatic carbocycles. The molecule has 2 aliphatic carbocycles. The molecule has 0 amide bonds. The van der Waals surface area contributed by atoms with Crippen LogP contribution >= 0.6 is 34.7 Å². The molecule has 0 saturated heterocycles. The third-order valence-electron chi connectivity index (χ3n) is 7.35. The Morgan fingerprint density at radius 2 is 2.00 bits per heavy atom. The SMILES string of the molecule is O=c1[nH]c2c(s1)[C@H](c1cc([N+](=O)[O-])ccc1OCc1ccccc1Cl)[C@@H]1[C@H]3CC[C@@H](C3)[C@@H]1S2. The summed E-state index contributed by atoms with van der Waals surface area (Å²) < 4.78 is 6.24. The molecule has 0 spiro atoms. The molecule has 0 radical (unpaired) electrons. The van der Waals surface area contributed by atoms with Crippen LogP contribution in [-0.4, -0.2) is 15.2 Å². The Bertz CT molecular complexity index is 1310. The van der Waals surface area contributed by atoms with E-state index >= 15 is 0 Å². The summed E-state index contributed by atoms with van der Waals surface area (Å²) in [6, 6.07) is 12.3. The molecule has 1 aliphatic heterocycles. The van der Waals surface area contributed by atoms with Crippen molar-refractivity contribution >= 4 is 40.4 Å². The Morgan fingerprint density at radius 3 is 2.82 bits per heavy atom. The molecule has 2 saturated carbocycles. The quantitative estimate of drug-likeness (QED) is 0.331. The maximum absolute atomic E-state index is 12.3. The Labute approximate surface area is 203 Å². The molecule has 33 heavy (non-hydrogen) atoms. The number of aromatic amines is 1. The second-order valence-corrected chi connectivity index (χ2v) is 11.6. The van der Waals surface area contributed by atoms with Gasteiger partial charge in [-0.2, -0.15) is 0 Å². The predicted molar refractivity (Wildman–Crippen MR) is 130 cm³/mol. The second kappa shape index (κ2) is 8.18. The van der Waals surface area contributed by atoms with Gasteiger partial charge in [-0.1, -0.05) is 41.1 Å². The number of non-ortho nitro benzene ring substituents is 1. The number of nitro groups is 1. The summed E-state index contributed by atoms with van der Waals surface area (Å²) in [5.74, 6) is 2.07. The molecule has 3 aliphatic rings. The summed E-state index contributed by atoms with van der Waals surface area (Å²) in [4.78, 5) is 27.6. The van der Waals surface area contributed by atoms with Gasteiger partial charge in [-0.25, -0.2) is 0 Å². The lowest BCUT2D eigenvalue weighted by atomic mass is 9.74. The number of thiazole rings is 1. The standard InChI is InChI=1S/C24H21ClN2O4S2/c25-17-4-2-1-3-14(17)11-31-18-8-7-15(27(29)30)10-16(18)20-19-12-5-6-13(9-12)21(19)32-23-22(20)33-24(28)26-23/h1-4,7-8,10,12-13,19-21H,5-6,9,11H2,(H,26,28)/t12-,13-,19-,20+,21-/m0/s1. The van der Waals surface area contributed by atoms with E-state index in [1.807, 2.05) is 24.3 Å². The lowest BCUT2D eigenvalue weighted by molar-refractivity contribution is -0.385. The van der Waals surface area contributed by atoms with Gasteiger partial charge < -0.3 is 9.72 Å². The molecule has 2 heterocycles. The molecule has 2 fully saturated rings. The molecule has 5 atom stereocenters. The number of hydrogen-bond acceptors (Lipinski definition) is 6. The zero-order valence-corrected chi connectivity index (χ0v) is 19.9. The summed E-state index contributed by atoms with van der Waals surface area (Å²) in [6.07, 6.45) is 3.60. The van der Waals surface area contributed by atoms with Crippen LogP contribution in [0.5, 0.6) is 5.75 Å². The van der Waals surface area contributed by atoms with Gasteiger partial charge in [0.2, 0.25) is 0 Å². The van der Waals surface area contributed by atoms with Crippen LogP contribution in [0.3, 0.4) is 0 Å². The minimum absolute atomic E-state index is 0.0393. The number of ether oxygens (including phenoxy) is 1. The van der Waals surface area contributed by atoms with Crippen molar-refractivity contribution in [3.05, 3.63) is 83.3 Å². The van der Waals surface area contributed by atoms with Gasteiger partial charge >= 0.3 is 4.87 Å². The maximum Gasteiger partial charge on any atom is 0.305 e. The minimum Gasteiger partial charge on any atom is -0.489 e. The molecule has 9 heteroatoms. The summed E-state index contributed by atoms with van der Waals surface area (Å²) in [7, 11) is 0. The average molecular weight is 501 g/mol. The first-order chi connectivity index (χ1) is 16.0. The number of halogens is 1. The number of fused-ring (bicyclic) bond motifs is 6. The van der Waals surface area contributed by atoms with E-state index in [0.29, 0.717) is 33.8 Å². The summed E-state index contributed by atoms with van der Waals surface area (Å²) in [6.45, 7) is 0.266. The highest BCUT2D eigenvalue weighted by molar-refractivity contribution is 8.00. The van der Waals surface area contributed by atoms with Crippen LogP contribution < -0.4 is 9.61 Å². The highest BCUT2D eigenvalue weighted by Crippen LogP contribution is 2.64. The van der Waals surface area contributed by atoms with Gasteiger partial charge in [0.1, 0.15) is 12.4 Å². The molecule has 0 unspecified atom stereocenters. The number of benzene rings is 2. The second-order valence-electron chi connectivity index (χ2n) is 9.04. The number of rotatable bonds is 5. The Hall–Kier alpha value is -2.29. The monoisotopic (exact) mass is 500 g/mol. The molecule has 1 aromatic heterocycles. The Kier molecular flexibility index (Phi) is 5.27. The van der Waals surface area contributed by atoms with Crippen LogP contribution in [0.2, 0.25) is 5.02 Å². The van der Waals surface area contributed by atoms with E-state index in [0.717, 1.165) is 21.0 Å². The predicted octanol–water partition coefficient (Wildman–Crippen LogP) is 6.23. The zero-order chi connectivity index (χ0) is 22.7. The van der Waals surface area contributed by atoms with Crippen molar-refractivity contribution in [2.45, 2.75) is 42.1 Å². The van der Waals surface area contributed by atoms with Gasteiger partial charge in [0.25, 0.3) is 5.69 Å². The number of aromatic nitrogens is 1. The van der Waals surface area contributed by atoms with E-state index in [-0.39, 0.29) is 28.0 Å². The van der Waals surface area contributed by atoms with Crippen LogP contribution in [0.15, 0.2) is 52.3 Å². The van der Waals surface area contributed by atoms with E-state index in [1.54, 1.807) is 23.9 Å². The minimum atomic E-state index is -0.363. The molecule has 6 nitrogen and oxygen atoms in total. The number of nitro benzene ring substituents is 1. The van der Waals surface area contributed by atoms with Crippen molar-refractivity contribution in [1.82, 2.24) is 4.98 Å². The number of nitrogens with one attached hydrogen (secondary N) is 1. The van der Waals surface area contributed by atoms with E-state index in [2.05, 4.69) is 4.98 Å². The highest BCUT2D eigenvalue weighted by atomic mass is 35.5. The number of nitrogens with zero attached hydrogens (tertiary/aromatic N) is 1. The van der Waals surface area contributed by atoms with Crippen LogP contribution in [0.1, 0.15) is 41.2 Å². The summed E-state index contributed by atoms with van der Waals surface area (Å²) in [5, 5.41) is 13.6. The van der Waals surface area contributed by atoms with Crippen LogP contribution in [-0.2, 0) is 6.61 Å². The van der Waals surface area contributed by atoms with Crippen molar-refractivity contribution in [3.63, 3.8) is 0 Å².